The number of rotatable bonds is 7. The van der Waals surface area contributed by atoms with Crippen LogP contribution in [0.2, 0.25) is 0 Å². The Balaban J connectivity index is 1.53. The lowest BCUT2D eigenvalue weighted by atomic mass is 10.1. The van der Waals surface area contributed by atoms with Gasteiger partial charge in [-0.05, 0) is 25.1 Å². The van der Waals surface area contributed by atoms with Crippen LogP contribution in [0.25, 0.3) is 0 Å². The molecule has 1 aliphatic heterocycles. The van der Waals surface area contributed by atoms with Crippen molar-refractivity contribution in [2.24, 2.45) is 0 Å². The van der Waals surface area contributed by atoms with Crippen molar-refractivity contribution in [2.75, 3.05) is 45.3 Å². The summed E-state index contributed by atoms with van der Waals surface area (Å²) in [6, 6.07) is 15.6. The van der Waals surface area contributed by atoms with Crippen molar-refractivity contribution in [3.63, 3.8) is 0 Å². The van der Waals surface area contributed by atoms with Crippen molar-refractivity contribution < 1.29 is 14.3 Å². The van der Waals surface area contributed by atoms with Crippen molar-refractivity contribution in [1.82, 2.24) is 10.2 Å². The third kappa shape index (κ3) is 4.57. The summed E-state index contributed by atoms with van der Waals surface area (Å²) >= 11 is 0. The fourth-order valence-corrected chi connectivity index (χ4v) is 3.59. The van der Waals surface area contributed by atoms with Gasteiger partial charge in [0.25, 0.3) is 0 Å². The highest BCUT2D eigenvalue weighted by Crippen LogP contribution is 2.28. The van der Waals surface area contributed by atoms with E-state index in [9.17, 15) is 4.79 Å². The van der Waals surface area contributed by atoms with Crippen molar-refractivity contribution >= 4 is 11.6 Å². The van der Waals surface area contributed by atoms with Gasteiger partial charge < -0.3 is 19.7 Å². The molecule has 0 saturated carbocycles. The molecular formula is C22H29N3O3. The van der Waals surface area contributed by atoms with Crippen LogP contribution in [-0.2, 0) is 11.3 Å². The number of carbonyl (C=O) groups excluding carboxylic acids is 1. The summed E-state index contributed by atoms with van der Waals surface area (Å²) < 4.78 is 10.8. The lowest BCUT2D eigenvalue weighted by Crippen LogP contribution is -2.53. The molecule has 1 fully saturated rings. The van der Waals surface area contributed by atoms with E-state index in [1.54, 1.807) is 14.2 Å². The van der Waals surface area contributed by atoms with Gasteiger partial charge in [-0.3, -0.25) is 9.69 Å². The van der Waals surface area contributed by atoms with E-state index in [0.29, 0.717) is 6.54 Å². The Bertz CT molecular complexity index is 788. The largest absolute Gasteiger partial charge is 0.496 e. The first kappa shape index (κ1) is 20.0. The van der Waals surface area contributed by atoms with E-state index in [1.807, 2.05) is 49.4 Å². The maximum Gasteiger partial charge on any atom is 0.237 e. The van der Waals surface area contributed by atoms with Crippen molar-refractivity contribution in [3.8, 4) is 11.5 Å². The van der Waals surface area contributed by atoms with E-state index < -0.39 is 0 Å². The molecule has 1 atom stereocenters. The predicted molar refractivity (Wildman–Crippen MR) is 111 cm³/mol. The summed E-state index contributed by atoms with van der Waals surface area (Å²) in [5, 5.41) is 3.04. The van der Waals surface area contributed by atoms with Crippen LogP contribution < -0.4 is 19.7 Å². The first-order valence-electron chi connectivity index (χ1n) is 9.65. The summed E-state index contributed by atoms with van der Waals surface area (Å²) in [5.74, 6) is 1.72. The van der Waals surface area contributed by atoms with Crippen LogP contribution in [0.1, 0.15) is 12.5 Å². The third-order valence-electron chi connectivity index (χ3n) is 5.31. The number of carbonyl (C=O) groups is 1. The second-order valence-corrected chi connectivity index (χ2v) is 6.90. The number of nitrogens with zero attached hydrogens (tertiary/aromatic N) is 2. The molecule has 2 aromatic carbocycles. The maximum atomic E-state index is 12.6. The van der Waals surface area contributed by atoms with E-state index in [-0.39, 0.29) is 11.9 Å². The van der Waals surface area contributed by atoms with E-state index in [0.717, 1.165) is 48.9 Å². The Hall–Kier alpha value is -2.73. The molecule has 6 nitrogen and oxygen atoms in total. The molecule has 6 heteroatoms. The van der Waals surface area contributed by atoms with E-state index in [2.05, 4.69) is 21.2 Å². The molecule has 0 bridgehead atoms. The van der Waals surface area contributed by atoms with Crippen LogP contribution >= 0.6 is 0 Å². The smallest absolute Gasteiger partial charge is 0.237 e. The van der Waals surface area contributed by atoms with Gasteiger partial charge in [0.1, 0.15) is 11.5 Å². The van der Waals surface area contributed by atoms with E-state index in [4.69, 9.17) is 9.47 Å². The van der Waals surface area contributed by atoms with Gasteiger partial charge in [0.2, 0.25) is 5.91 Å². The highest BCUT2D eigenvalue weighted by Gasteiger charge is 2.26. The van der Waals surface area contributed by atoms with Crippen LogP contribution in [-0.4, -0.2) is 57.2 Å². The van der Waals surface area contributed by atoms with Crippen LogP contribution in [0.3, 0.4) is 0 Å². The molecule has 1 amide bonds. The molecule has 0 spiro atoms. The zero-order valence-corrected chi connectivity index (χ0v) is 16.9. The zero-order valence-electron chi connectivity index (χ0n) is 16.9. The zero-order chi connectivity index (χ0) is 19.9. The molecule has 1 heterocycles. The fourth-order valence-electron chi connectivity index (χ4n) is 3.59. The minimum absolute atomic E-state index is 0.0386. The van der Waals surface area contributed by atoms with Gasteiger partial charge in [-0.15, -0.1) is 0 Å². The van der Waals surface area contributed by atoms with Crippen LogP contribution in [0.15, 0.2) is 48.5 Å². The van der Waals surface area contributed by atoms with Gasteiger partial charge in [0.05, 0.1) is 25.9 Å². The second-order valence-electron chi connectivity index (χ2n) is 6.90. The van der Waals surface area contributed by atoms with E-state index in [1.165, 1.54) is 0 Å². The van der Waals surface area contributed by atoms with Gasteiger partial charge in [-0.2, -0.15) is 0 Å². The topological polar surface area (TPSA) is 54.0 Å². The highest BCUT2D eigenvalue weighted by atomic mass is 16.5. The molecule has 150 valence electrons. The summed E-state index contributed by atoms with van der Waals surface area (Å²) in [6.45, 7) is 5.84. The fraction of sp³-hybridized carbons (Fsp3) is 0.409. The quantitative estimate of drug-likeness (QED) is 0.796. The lowest BCUT2D eigenvalue weighted by Gasteiger charge is -2.38. The van der Waals surface area contributed by atoms with Gasteiger partial charge in [-0.1, -0.05) is 30.3 Å². The normalized spacial score (nSPS) is 15.8. The first-order chi connectivity index (χ1) is 13.6. The number of ether oxygens (including phenoxy) is 2. The molecule has 0 aromatic heterocycles. The molecule has 0 aliphatic carbocycles. The number of benzene rings is 2. The number of para-hydroxylation sites is 3. The van der Waals surface area contributed by atoms with Gasteiger partial charge in [-0.25, -0.2) is 0 Å². The molecule has 0 unspecified atom stereocenters. The number of anilines is 1. The Morgan fingerprint density at radius 2 is 1.57 bits per heavy atom. The Labute approximate surface area is 167 Å². The highest BCUT2D eigenvalue weighted by molar-refractivity contribution is 5.81. The van der Waals surface area contributed by atoms with Crippen LogP contribution in [0, 0.1) is 0 Å². The minimum atomic E-state index is -0.172. The average molecular weight is 383 g/mol. The summed E-state index contributed by atoms with van der Waals surface area (Å²) in [7, 11) is 3.34. The van der Waals surface area contributed by atoms with Crippen molar-refractivity contribution in [3.05, 3.63) is 54.1 Å². The molecule has 1 N–H and O–H groups in total. The Morgan fingerprint density at radius 3 is 2.25 bits per heavy atom. The lowest BCUT2D eigenvalue weighted by molar-refractivity contribution is -0.126. The second kappa shape index (κ2) is 9.46. The van der Waals surface area contributed by atoms with E-state index >= 15 is 0 Å². The predicted octanol–water partition coefficient (Wildman–Crippen LogP) is 2.53. The standard InChI is InChI=1S/C22H29N3O3/c1-17(22(26)23-16-18-8-4-6-10-20(18)27-2)24-12-14-25(15-13-24)19-9-5-7-11-21(19)28-3/h4-11,17H,12-16H2,1-3H3,(H,23,26)/t17-/m1/s1. The molecule has 1 saturated heterocycles. The van der Waals surface area contributed by atoms with Gasteiger partial charge in [0.15, 0.2) is 0 Å². The Kier molecular flexibility index (Phi) is 6.76. The van der Waals surface area contributed by atoms with Crippen molar-refractivity contribution in [1.29, 1.82) is 0 Å². The molecule has 2 aromatic rings. The monoisotopic (exact) mass is 383 g/mol. The molecule has 3 rings (SSSR count). The van der Waals surface area contributed by atoms with Crippen LogP contribution in [0.5, 0.6) is 11.5 Å². The molecule has 1 aliphatic rings. The van der Waals surface area contributed by atoms with Gasteiger partial charge >= 0.3 is 0 Å². The number of nitrogens with one attached hydrogen (secondary N) is 1. The maximum absolute atomic E-state index is 12.6. The Morgan fingerprint density at radius 1 is 0.964 bits per heavy atom. The van der Waals surface area contributed by atoms with Crippen LogP contribution in [0.4, 0.5) is 5.69 Å². The average Bonchev–Trinajstić information content (AvgIpc) is 2.77. The molecule has 28 heavy (non-hydrogen) atoms. The third-order valence-corrected chi connectivity index (χ3v) is 5.31. The number of piperazine rings is 1. The number of methoxy groups -OCH3 is 2. The van der Waals surface area contributed by atoms with Gasteiger partial charge in [0, 0.05) is 38.3 Å². The SMILES string of the molecule is COc1ccccc1CNC(=O)[C@@H](C)N1CCN(c2ccccc2OC)CC1. The molecule has 0 radical (unpaired) electrons. The van der Waals surface area contributed by atoms with Crippen molar-refractivity contribution in [2.45, 2.75) is 19.5 Å². The summed E-state index contributed by atoms with van der Waals surface area (Å²) in [5.41, 5.74) is 2.09. The molecular weight excluding hydrogens is 354 g/mol. The number of amides is 1. The number of hydrogen-bond donors (Lipinski definition) is 1. The first-order valence-corrected chi connectivity index (χ1v) is 9.65. The summed E-state index contributed by atoms with van der Waals surface area (Å²) in [6.07, 6.45) is 0. The minimum Gasteiger partial charge on any atom is -0.496 e. The summed E-state index contributed by atoms with van der Waals surface area (Å²) in [4.78, 5) is 17.2. The number of hydrogen-bond acceptors (Lipinski definition) is 5.